The summed E-state index contributed by atoms with van der Waals surface area (Å²) < 4.78 is 75.0. The molecular formula is C6H6F6O6. The van der Waals surface area contributed by atoms with E-state index in [9.17, 15) is 31.1 Å². The molecular weight excluding hydrogens is 282 g/mol. The van der Waals surface area contributed by atoms with E-state index in [1.165, 1.54) is 0 Å². The van der Waals surface area contributed by atoms with Gasteiger partial charge in [-0.2, -0.15) is 26.3 Å². The predicted molar refractivity (Wildman–Crippen MR) is 37.5 cm³/mol. The molecule has 0 heterocycles. The van der Waals surface area contributed by atoms with Crippen molar-refractivity contribution in [3.05, 3.63) is 0 Å². The van der Waals surface area contributed by atoms with E-state index in [4.69, 9.17) is 25.5 Å². The molecule has 0 rings (SSSR count). The molecule has 0 aromatic rings. The van der Waals surface area contributed by atoms with Crippen molar-refractivity contribution in [2.45, 2.75) is 29.5 Å². The van der Waals surface area contributed by atoms with Crippen molar-refractivity contribution in [1.29, 1.82) is 0 Å². The van der Waals surface area contributed by atoms with Crippen LogP contribution in [0.4, 0.5) is 26.3 Å². The zero-order chi connectivity index (χ0) is 15.2. The standard InChI is InChI=1S/C6H6F6O6/c7-2(14,1-13)3(8,15)4(9,16)5(10,17)6(11,12)18/h1,14-18H/t2-,3+,4-,5-/m0/s1. The fourth-order valence-corrected chi connectivity index (χ4v) is 0.729. The van der Waals surface area contributed by atoms with Crippen molar-refractivity contribution in [2.24, 2.45) is 0 Å². The summed E-state index contributed by atoms with van der Waals surface area (Å²) in [6.07, 6.45) is -7.85. The minimum absolute atomic E-state index is 1.62. The highest BCUT2D eigenvalue weighted by atomic mass is 19.3. The zero-order valence-corrected chi connectivity index (χ0v) is 7.99. The number of carbonyl (C=O) groups excluding carboxylic acids is 1. The summed E-state index contributed by atoms with van der Waals surface area (Å²) in [6, 6.07) is 0. The maximum atomic E-state index is 12.9. The van der Waals surface area contributed by atoms with Crippen LogP contribution in [-0.2, 0) is 4.79 Å². The number of aliphatic hydroxyl groups is 5. The maximum Gasteiger partial charge on any atom is 0.418 e. The van der Waals surface area contributed by atoms with Crippen LogP contribution in [-0.4, -0.2) is 61.3 Å². The van der Waals surface area contributed by atoms with E-state index < -0.39 is 35.8 Å². The van der Waals surface area contributed by atoms with E-state index in [1.54, 1.807) is 0 Å². The Balaban J connectivity index is 5.87. The maximum absolute atomic E-state index is 12.9. The Morgan fingerprint density at radius 2 is 1.00 bits per heavy atom. The van der Waals surface area contributed by atoms with Gasteiger partial charge in [0.2, 0.25) is 0 Å². The summed E-state index contributed by atoms with van der Waals surface area (Å²) in [7, 11) is 0. The van der Waals surface area contributed by atoms with E-state index in [2.05, 4.69) is 0 Å². The highest BCUT2D eigenvalue weighted by Gasteiger charge is 2.82. The molecule has 5 N–H and O–H groups in total. The van der Waals surface area contributed by atoms with Crippen molar-refractivity contribution < 1.29 is 56.7 Å². The summed E-state index contributed by atoms with van der Waals surface area (Å²) in [6.45, 7) is 0. The zero-order valence-electron chi connectivity index (χ0n) is 7.99. The molecule has 0 aromatic heterocycles. The second-order valence-electron chi connectivity index (χ2n) is 3.20. The molecule has 12 heteroatoms. The Bertz CT molecular complexity index is 334. The minimum atomic E-state index is -6.32. The molecule has 0 amide bonds. The summed E-state index contributed by atoms with van der Waals surface area (Å²) in [5.41, 5.74) is 0. The van der Waals surface area contributed by atoms with Gasteiger partial charge in [-0.05, 0) is 0 Å². The molecule has 0 radical (unpaired) electrons. The molecule has 0 aromatic carbocycles. The average molecular weight is 288 g/mol. The van der Waals surface area contributed by atoms with Crippen molar-refractivity contribution >= 4 is 6.29 Å². The first-order valence-electron chi connectivity index (χ1n) is 3.78. The van der Waals surface area contributed by atoms with Crippen LogP contribution >= 0.6 is 0 Å². The normalized spacial score (nSPS) is 26.4. The van der Waals surface area contributed by atoms with E-state index in [0.717, 1.165) is 0 Å². The van der Waals surface area contributed by atoms with E-state index in [1.807, 2.05) is 0 Å². The molecule has 6 nitrogen and oxygen atoms in total. The first-order chi connectivity index (χ1) is 7.56. The largest absolute Gasteiger partial charge is 0.418 e. The highest BCUT2D eigenvalue weighted by Crippen LogP contribution is 2.48. The lowest BCUT2D eigenvalue weighted by atomic mass is 9.94. The van der Waals surface area contributed by atoms with Gasteiger partial charge in [0.15, 0.2) is 6.29 Å². The molecule has 0 aliphatic rings. The molecule has 0 unspecified atom stereocenters. The number of alkyl halides is 6. The number of rotatable bonds is 5. The van der Waals surface area contributed by atoms with Gasteiger partial charge in [-0.3, -0.25) is 4.79 Å². The molecule has 0 spiro atoms. The van der Waals surface area contributed by atoms with Crippen LogP contribution < -0.4 is 0 Å². The smallest absolute Gasteiger partial charge is 0.353 e. The number of carbonyl (C=O) groups is 1. The molecule has 18 heavy (non-hydrogen) atoms. The van der Waals surface area contributed by atoms with Gasteiger partial charge in [0.25, 0.3) is 0 Å². The molecule has 108 valence electrons. The Labute approximate surface area is 93.7 Å². The van der Waals surface area contributed by atoms with Crippen LogP contribution in [0.25, 0.3) is 0 Å². The Morgan fingerprint density at radius 1 is 0.667 bits per heavy atom. The summed E-state index contributed by atoms with van der Waals surface area (Å²) in [4.78, 5) is 9.74. The topological polar surface area (TPSA) is 118 Å². The minimum Gasteiger partial charge on any atom is -0.353 e. The van der Waals surface area contributed by atoms with Gasteiger partial charge in [0.05, 0.1) is 0 Å². The van der Waals surface area contributed by atoms with Crippen LogP contribution in [0.1, 0.15) is 0 Å². The van der Waals surface area contributed by atoms with E-state index >= 15 is 0 Å². The molecule has 0 aliphatic heterocycles. The molecule has 4 atom stereocenters. The van der Waals surface area contributed by atoms with Gasteiger partial charge < -0.3 is 25.5 Å². The number of aldehydes is 1. The number of halogens is 6. The second kappa shape index (κ2) is 4.03. The van der Waals surface area contributed by atoms with Crippen LogP contribution in [0.15, 0.2) is 0 Å². The lowest BCUT2D eigenvalue weighted by molar-refractivity contribution is -0.486. The van der Waals surface area contributed by atoms with Crippen LogP contribution in [0, 0.1) is 0 Å². The summed E-state index contributed by atoms with van der Waals surface area (Å²) in [5.74, 6) is -24.1. The lowest BCUT2D eigenvalue weighted by Crippen LogP contribution is -2.74. The van der Waals surface area contributed by atoms with Crippen molar-refractivity contribution in [2.75, 3.05) is 0 Å². The fourth-order valence-electron chi connectivity index (χ4n) is 0.729. The SMILES string of the molecule is O=C[C@@](O)(F)[C@](O)(F)[C@@](O)(F)[C@@](O)(F)C(O)(F)F. The first kappa shape index (κ1) is 17.1. The molecule has 0 fully saturated rings. The van der Waals surface area contributed by atoms with Crippen LogP contribution in [0.3, 0.4) is 0 Å². The first-order valence-corrected chi connectivity index (χ1v) is 3.78. The summed E-state index contributed by atoms with van der Waals surface area (Å²) in [5, 5.41) is 40.4. The Morgan fingerprint density at radius 3 is 1.22 bits per heavy atom. The van der Waals surface area contributed by atoms with Gasteiger partial charge in [-0.1, -0.05) is 0 Å². The Hall–Kier alpha value is -0.950. The lowest BCUT2D eigenvalue weighted by Gasteiger charge is -2.40. The van der Waals surface area contributed by atoms with Gasteiger partial charge in [0, 0.05) is 0 Å². The van der Waals surface area contributed by atoms with Gasteiger partial charge in [-0.15, -0.1) is 0 Å². The number of hydrogen-bond acceptors (Lipinski definition) is 6. The quantitative estimate of drug-likeness (QED) is 0.307. The van der Waals surface area contributed by atoms with Crippen molar-refractivity contribution in [3.63, 3.8) is 0 Å². The third kappa shape index (κ3) is 2.05. The van der Waals surface area contributed by atoms with Gasteiger partial charge in [0.1, 0.15) is 0 Å². The van der Waals surface area contributed by atoms with E-state index in [0.29, 0.717) is 0 Å². The van der Waals surface area contributed by atoms with Crippen LogP contribution in [0.2, 0.25) is 0 Å². The van der Waals surface area contributed by atoms with E-state index in [-0.39, 0.29) is 0 Å². The molecule has 0 saturated carbocycles. The molecule has 0 aliphatic carbocycles. The van der Waals surface area contributed by atoms with Crippen molar-refractivity contribution in [3.8, 4) is 0 Å². The fraction of sp³-hybridized carbons (Fsp3) is 0.833. The predicted octanol–water partition coefficient (Wildman–Crippen LogP) is -1.60. The van der Waals surface area contributed by atoms with Gasteiger partial charge in [-0.25, -0.2) is 0 Å². The average Bonchev–Trinajstić information content (AvgIpc) is 2.15. The van der Waals surface area contributed by atoms with Gasteiger partial charge >= 0.3 is 29.5 Å². The monoisotopic (exact) mass is 288 g/mol. The Kier molecular flexibility index (Phi) is 3.81. The third-order valence-electron chi connectivity index (χ3n) is 1.90. The molecule has 0 bridgehead atoms. The van der Waals surface area contributed by atoms with Crippen molar-refractivity contribution in [1.82, 2.24) is 0 Å². The highest BCUT2D eigenvalue weighted by molar-refractivity contribution is 5.62. The molecule has 0 saturated heterocycles. The number of hydrogen-bond donors (Lipinski definition) is 5. The second-order valence-corrected chi connectivity index (χ2v) is 3.20. The summed E-state index contributed by atoms with van der Waals surface area (Å²) >= 11 is 0. The van der Waals surface area contributed by atoms with Crippen LogP contribution in [0.5, 0.6) is 0 Å². The third-order valence-corrected chi connectivity index (χ3v) is 1.90.